The highest BCUT2D eigenvalue weighted by molar-refractivity contribution is 5.93. The van der Waals surface area contributed by atoms with Gasteiger partial charge in [-0.25, -0.2) is 4.79 Å². The maximum Gasteiger partial charge on any atom is 0.319 e. The van der Waals surface area contributed by atoms with Gasteiger partial charge in [0.15, 0.2) is 0 Å². The summed E-state index contributed by atoms with van der Waals surface area (Å²) in [6.07, 6.45) is 2.90. The number of carbonyl (C=O) groups excluding carboxylic acids is 2. The van der Waals surface area contributed by atoms with Crippen molar-refractivity contribution in [1.29, 1.82) is 0 Å². The first kappa shape index (κ1) is 17.1. The smallest absolute Gasteiger partial charge is 0.319 e. The van der Waals surface area contributed by atoms with E-state index in [1.807, 2.05) is 0 Å². The first-order valence-corrected chi connectivity index (χ1v) is 7.52. The lowest BCUT2D eigenvalue weighted by atomic mass is 9.77. The molecule has 0 aliphatic heterocycles. The standard InChI is InChI=1S/C16H23N3O4/c1-11(20)17-12-5-6-13(14(9-12)23-3)18-15(21)19-16(10-22-2)7-4-8-16/h5-6,9H,4,7-8,10H2,1-3H3,(H,17,20)(H2,18,19,21). The Balaban J connectivity index is 2.03. The molecule has 0 heterocycles. The van der Waals surface area contributed by atoms with Gasteiger partial charge in [-0.2, -0.15) is 0 Å². The Bertz CT molecular complexity index is 585. The zero-order chi connectivity index (χ0) is 16.9. The normalized spacial score (nSPS) is 15.3. The fourth-order valence-electron chi connectivity index (χ4n) is 2.66. The van der Waals surface area contributed by atoms with Crippen LogP contribution in [0.3, 0.4) is 0 Å². The average Bonchev–Trinajstić information content (AvgIpc) is 2.46. The molecule has 0 atom stereocenters. The number of ether oxygens (including phenoxy) is 2. The van der Waals surface area contributed by atoms with Gasteiger partial charge in [-0.05, 0) is 31.4 Å². The molecule has 0 unspecified atom stereocenters. The van der Waals surface area contributed by atoms with E-state index in [-0.39, 0.29) is 17.5 Å². The molecule has 0 aromatic heterocycles. The SMILES string of the molecule is COCC1(NC(=O)Nc2ccc(NC(C)=O)cc2OC)CCC1. The quantitative estimate of drug-likeness (QED) is 0.750. The number of benzene rings is 1. The maximum atomic E-state index is 12.2. The molecule has 1 aliphatic rings. The van der Waals surface area contributed by atoms with Gasteiger partial charge in [-0.3, -0.25) is 4.79 Å². The second kappa shape index (κ2) is 7.32. The van der Waals surface area contributed by atoms with Gasteiger partial charge in [0.2, 0.25) is 5.91 Å². The highest BCUT2D eigenvalue weighted by atomic mass is 16.5. The lowest BCUT2D eigenvalue weighted by Gasteiger charge is -2.41. The zero-order valence-corrected chi connectivity index (χ0v) is 13.7. The van der Waals surface area contributed by atoms with Crippen LogP contribution in [0.5, 0.6) is 5.75 Å². The van der Waals surface area contributed by atoms with Gasteiger partial charge < -0.3 is 25.4 Å². The topological polar surface area (TPSA) is 88.7 Å². The lowest BCUT2D eigenvalue weighted by Crippen LogP contribution is -2.57. The summed E-state index contributed by atoms with van der Waals surface area (Å²) >= 11 is 0. The third kappa shape index (κ3) is 4.35. The van der Waals surface area contributed by atoms with Crippen molar-refractivity contribution >= 4 is 23.3 Å². The van der Waals surface area contributed by atoms with Gasteiger partial charge >= 0.3 is 6.03 Å². The Kier molecular flexibility index (Phi) is 5.44. The first-order chi connectivity index (χ1) is 11.0. The molecule has 126 valence electrons. The van der Waals surface area contributed by atoms with Gasteiger partial charge in [-0.15, -0.1) is 0 Å². The number of nitrogens with one attached hydrogen (secondary N) is 3. The van der Waals surface area contributed by atoms with E-state index < -0.39 is 0 Å². The molecule has 1 aromatic carbocycles. The second-order valence-corrected chi connectivity index (χ2v) is 5.74. The molecular weight excluding hydrogens is 298 g/mol. The molecule has 1 aromatic rings. The van der Waals surface area contributed by atoms with Crippen molar-refractivity contribution in [1.82, 2.24) is 5.32 Å². The second-order valence-electron chi connectivity index (χ2n) is 5.74. The molecule has 23 heavy (non-hydrogen) atoms. The highest BCUT2D eigenvalue weighted by Crippen LogP contribution is 2.33. The number of anilines is 2. The summed E-state index contributed by atoms with van der Waals surface area (Å²) in [6.45, 7) is 1.93. The molecule has 1 aliphatic carbocycles. The average molecular weight is 321 g/mol. The summed E-state index contributed by atoms with van der Waals surface area (Å²) < 4.78 is 10.5. The highest BCUT2D eigenvalue weighted by Gasteiger charge is 2.38. The molecule has 3 amide bonds. The van der Waals surface area contributed by atoms with Gasteiger partial charge in [0, 0.05) is 25.8 Å². The van der Waals surface area contributed by atoms with E-state index in [0.29, 0.717) is 23.7 Å². The molecule has 0 spiro atoms. The number of hydrogen-bond donors (Lipinski definition) is 3. The van der Waals surface area contributed by atoms with Crippen molar-refractivity contribution < 1.29 is 19.1 Å². The maximum absolute atomic E-state index is 12.2. The fraction of sp³-hybridized carbons (Fsp3) is 0.500. The minimum atomic E-state index is -0.299. The number of carbonyl (C=O) groups is 2. The van der Waals surface area contributed by atoms with Crippen LogP contribution >= 0.6 is 0 Å². The summed E-state index contributed by atoms with van der Waals surface area (Å²) in [6, 6.07) is 4.75. The van der Waals surface area contributed by atoms with E-state index in [1.54, 1.807) is 25.3 Å². The van der Waals surface area contributed by atoms with Gasteiger partial charge in [0.05, 0.1) is 24.9 Å². The van der Waals surface area contributed by atoms with Crippen LogP contribution in [0.15, 0.2) is 18.2 Å². The summed E-state index contributed by atoms with van der Waals surface area (Å²) in [5.74, 6) is 0.304. The Morgan fingerprint density at radius 2 is 1.96 bits per heavy atom. The van der Waals surface area contributed by atoms with Crippen molar-refractivity contribution in [2.75, 3.05) is 31.5 Å². The largest absolute Gasteiger partial charge is 0.494 e. The van der Waals surface area contributed by atoms with Crippen LogP contribution in [0.25, 0.3) is 0 Å². The van der Waals surface area contributed by atoms with Crippen molar-refractivity contribution in [2.24, 2.45) is 0 Å². The Hall–Kier alpha value is -2.28. The number of rotatable bonds is 6. The van der Waals surface area contributed by atoms with Crippen molar-refractivity contribution in [3.05, 3.63) is 18.2 Å². The molecule has 3 N–H and O–H groups in total. The molecule has 1 fully saturated rings. The van der Waals surface area contributed by atoms with E-state index in [2.05, 4.69) is 16.0 Å². The first-order valence-electron chi connectivity index (χ1n) is 7.52. The van der Waals surface area contributed by atoms with Crippen molar-refractivity contribution in [3.63, 3.8) is 0 Å². The van der Waals surface area contributed by atoms with Crippen LogP contribution in [0.2, 0.25) is 0 Å². The molecule has 0 radical (unpaired) electrons. The van der Waals surface area contributed by atoms with Crippen LogP contribution in [0, 0.1) is 0 Å². The predicted molar refractivity (Wildman–Crippen MR) is 87.9 cm³/mol. The molecule has 7 nitrogen and oxygen atoms in total. The van der Waals surface area contributed by atoms with Crippen LogP contribution in [0.4, 0.5) is 16.2 Å². The van der Waals surface area contributed by atoms with E-state index in [0.717, 1.165) is 19.3 Å². The molecular formula is C16H23N3O4. The number of urea groups is 1. The van der Waals surface area contributed by atoms with Gasteiger partial charge in [0.25, 0.3) is 0 Å². The summed E-state index contributed by atoms with van der Waals surface area (Å²) in [5, 5.41) is 8.43. The Morgan fingerprint density at radius 1 is 1.22 bits per heavy atom. The van der Waals surface area contributed by atoms with Crippen LogP contribution in [-0.4, -0.2) is 38.3 Å². The Labute approximate surface area is 135 Å². The number of methoxy groups -OCH3 is 2. The molecule has 7 heteroatoms. The van der Waals surface area contributed by atoms with Gasteiger partial charge in [0.1, 0.15) is 5.75 Å². The van der Waals surface area contributed by atoms with E-state index >= 15 is 0 Å². The van der Waals surface area contributed by atoms with Gasteiger partial charge in [-0.1, -0.05) is 0 Å². The predicted octanol–water partition coefficient (Wildman–Crippen LogP) is 2.34. The van der Waals surface area contributed by atoms with E-state index in [9.17, 15) is 9.59 Å². The molecule has 2 rings (SSSR count). The van der Waals surface area contributed by atoms with Crippen LogP contribution < -0.4 is 20.7 Å². The monoisotopic (exact) mass is 321 g/mol. The third-order valence-electron chi connectivity index (χ3n) is 3.88. The van der Waals surface area contributed by atoms with Crippen molar-refractivity contribution in [2.45, 2.75) is 31.7 Å². The zero-order valence-electron chi connectivity index (χ0n) is 13.7. The van der Waals surface area contributed by atoms with Crippen molar-refractivity contribution in [3.8, 4) is 5.75 Å². The summed E-state index contributed by atoms with van der Waals surface area (Å²) in [5.41, 5.74) is 0.864. The minimum absolute atomic E-state index is 0.169. The lowest BCUT2D eigenvalue weighted by molar-refractivity contribution is -0.114. The molecule has 0 saturated heterocycles. The Morgan fingerprint density at radius 3 is 2.48 bits per heavy atom. The number of hydrogen-bond acceptors (Lipinski definition) is 4. The fourth-order valence-corrected chi connectivity index (χ4v) is 2.66. The van der Waals surface area contributed by atoms with Crippen LogP contribution in [0.1, 0.15) is 26.2 Å². The molecule has 0 bridgehead atoms. The summed E-state index contributed by atoms with van der Waals surface area (Å²) in [7, 11) is 3.14. The number of amides is 3. The van der Waals surface area contributed by atoms with E-state index in [4.69, 9.17) is 9.47 Å². The summed E-state index contributed by atoms with van der Waals surface area (Å²) in [4.78, 5) is 23.3. The third-order valence-corrected chi connectivity index (χ3v) is 3.88. The molecule has 1 saturated carbocycles. The van der Waals surface area contributed by atoms with E-state index in [1.165, 1.54) is 14.0 Å². The van der Waals surface area contributed by atoms with Crippen LogP contribution in [-0.2, 0) is 9.53 Å². The minimum Gasteiger partial charge on any atom is -0.494 e.